The third-order valence-electron chi connectivity index (χ3n) is 3.93. The number of rotatable bonds is 3. The zero-order valence-electron chi connectivity index (χ0n) is 14.1. The Kier molecular flexibility index (Phi) is 7.78. The van der Waals surface area contributed by atoms with Gasteiger partial charge in [0.15, 0.2) is 5.96 Å². The van der Waals surface area contributed by atoms with Crippen molar-refractivity contribution < 1.29 is 13.2 Å². The SMILES string of the molecule is CN=C(NC1CCN(Cc2ccc(C(F)(F)F)cc2)C1)N(C)C.I. The molecule has 1 N–H and O–H groups in total. The summed E-state index contributed by atoms with van der Waals surface area (Å²) in [6.45, 7) is 2.44. The van der Waals surface area contributed by atoms with Gasteiger partial charge in [-0.2, -0.15) is 13.2 Å². The first kappa shape index (κ1) is 21.0. The molecule has 0 aromatic heterocycles. The van der Waals surface area contributed by atoms with Crippen molar-refractivity contribution in [2.45, 2.75) is 25.2 Å². The highest BCUT2D eigenvalue weighted by Gasteiger charge is 2.30. The van der Waals surface area contributed by atoms with Crippen molar-refractivity contribution in [1.82, 2.24) is 15.1 Å². The molecule has 4 nitrogen and oxygen atoms in total. The van der Waals surface area contributed by atoms with E-state index in [4.69, 9.17) is 0 Å². The fraction of sp³-hybridized carbons (Fsp3) is 0.562. The standard InChI is InChI=1S/C16H23F3N4.HI/c1-20-15(22(2)3)21-14-8-9-23(11-14)10-12-4-6-13(7-5-12)16(17,18)19;/h4-7,14H,8-11H2,1-3H3,(H,20,21);1H. The van der Waals surface area contributed by atoms with Gasteiger partial charge in [-0.1, -0.05) is 12.1 Å². The molecule has 1 aromatic carbocycles. The molecule has 0 spiro atoms. The maximum atomic E-state index is 12.6. The predicted molar refractivity (Wildman–Crippen MR) is 101 cm³/mol. The number of benzene rings is 1. The highest BCUT2D eigenvalue weighted by molar-refractivity contribution is 14.0. The van der Waals surface area contributed by atoms with Gasteiger partial charge in [0.25, 0.3) is 0 Å². The Morgan fingerprint density at radius 3 is 2.42 bits per heavy atom. The Hall–Kier alpha value is -1.03. The van der Waals surface area contributed by atoms with Crippen molar-refractivity contribution in [2.75, 3.05) is 34.2 Å². The number of alkyl halides is 3. The van der Waals surface area contributed by atoms with Crippen LogP contribution in [0.25, 0.3) is 0 Å². The number of nitrogens with zero attached hydrogens (tertiary/aromatic N) is 3. The zero-order chi connectivity index (χ0) is 17.0. The number of likely N-dealkylation sites (tertiary alicyclic amines) is 1. The Labute approximate surface area is 158 Å². The van der Waals surface area contributed by atoms with E-state index < -0.39 is 11.7 Å². The number of aliphatic imine (C=N–C) groups is 1. The number of nitrogens with one attached hydrogen (secondary N) is 1. The summed E-state index contributed by atoms with van der Waals surface area (Å²) in [5, 5.41) is 3.40. The van der Waals surface area contributed by atoms with Crippen molar-refractivity contribution in [1.29, 1.82) is 0 Å². The second-order valence-electron chi connectivity index (χ2n) is 6.00. The van der Waals surface area contributed by atoms with Crippen LogP contribution in [-0.2, 0) is 12.7 Å². The van der Waals surface area contributed by atoms with Crippen molar-refractivity contribution >= 4 is 29.9 Å². The fourth-order valence-electron chi connectivity index (χ4n) is 2.73. The smallest absolute Gasteiger partial charge is 0.352 e. The molecule has 1 saturated heterocycles. The van der Waals surface area contributed by atoms with Crippen LogP contribution in [0.4, 0.5) is 13.2 Å². The fourth-order valence-corrected chi connectivity index (χ4v) is 2.73. The predicted octanol–water partition coefficient (Wildman–Crippen LogP) is 3.03. The summed E-state index contributed by atoms with van der Waals surface area (Å²) in [6.07, 6.45) is -3.28. The van der Waals surface area contributed by atoms with Crippen LogP contribution in [0.3, 0.4) is 0 Å². The first-order valence-corrected chi connectivity index (χ1v) is 7.58. The molecule has 0 saturated carbocycles. The average Bonchev–Trinajstić information content (AvgIpc) is 2.91. The summed E-state index contributed by atoms with van der Waals surface area (Å²) >= 11 is 0. The van der Waals surface area contributed by atoms with Gasteiger partial charge in [-0.15, -0.1) is 24.0 Å². The molecule has 1 aromatic rings. The Morgan fingerprint density at radius 1 is 1.29 bits per heavy atom. The Morgan fingerprint density at radius 2 is 1.92 bits per heavy atom. The molecule has 0 amide bonds. The summed E-state index contributed by atoms with van der Waals surface area (Å²) in [5.41, 5.74) is 0.299. The van der Waals surface area contributed by atoms with Crippen LogP contribution in [0.5, 0.6) is 0 Å². The highest BCUT2D eigenvalue weighted by Crippen LogP contribution is 2.29. The molecule has 24 heavy (non-hydrogen) atoms. The largest absolute Gasteiger partial charge is 0.416 e. The zero-order valence-corrected chi connectivity index (χ0v) is 16.4. The lowest BCUT2D eigenvalue weighted by atomic mass is 10.1. The van der Waals surface area contributed by atoms with Gasteiger partial charge in [-0.3, -0.25) is 9.89 Å². The molecular weight excluding hydrogens is 432 g/mol. The van der Waals surface area contributed by atoms with E-state index in [-0.39, 0.29) is 24.0 Å². The summed E-state index contributed by atoms with van der Waals surface area (Å²) in [6, 6.07) is 5.72. The lowest BCUT2D eigenvalue weighted by Crippen LogP contribution is -2.43. The van der Waals surface area contributed by atoms with E-state index in [9.17, 15) is 13.2 Å². The number of guanidine groups is 1. The van der Waals surface area contributed by atoms with Crippen LogP contribution in [0.15, 0.2) is 29.3 Å². The van der Waals surface area contributed by atoms with E-state index in [1.807, 2.05) is 19.0 Å². The summed E-state index contributed by atoms with van der Waals surface area (Å²) in [4.78, 5) is 8.37. The van der Waals surface area contributed by atoms with Gasteiger partial charge in [-0.05, 0) is 24.1 Å². The van der Waals surface area contributed by atoms with Gasteiger partial charge in [0.2, 0.25) is 0 Å². The van der Waals surface area contributed by atoms with E-state index in [1.165, 1.54) is 0 Å². The molecule has 0 bridgehead atoms. The third-order valence-corrected chi connectivity index (χ3v) is 3.93. The van der Waals surface area contributed by atoms with E-state index in [0.717, 1.165) is 43.2 Å². The maximum Gasteiger partial charge on any atom is 0.416 e. The molecule has 1 unspecified atom stereocenters. The molecule has 1 fully saturated rings. The van der Waals surface area contributed by atoms with Crippen LogP contribution in [0.2, 0.25) is 0 Å². The average molecular weight is 456 g/mol. The van der Waals surface area contributed by atoms with Crippen LogP contribution in [0, 0.1) is 0 Å². The Balaban J connectivity index is 0.00000288. The number of hydrogen-bond acceptors (Lipinski definition) is 2. The summed E-state index contributed by atoms with van der Waals surface area (Å²) in [7, 11) is 5.62. The topological polar surface area (TPSA) is 30.9 Å². The van der Waals surface area contributed by atoms with Gasteiger partial charge in [0.05, 0.1) is 5.56 Å². The minimum absolute atomic E-state index is 0. The molecule has 1 heterocycles. The van der Waals surface area contributed by atoms with Crippen molar-refractivity contribution in [3.8, 4) is 0 Å². The molecule has 136 valence electrons. The van der Waals surface area contributed by atoms with Crippen LogP contribution < -0.4 is 5.32 Å². The molecule has 8 heteroatoms. The normalized spacial score (nSPS) is 19.1. The summed E-state index contributed by atoms with van der Waals surface area (Å²) < 4.78 is 37.7. The second kappa shape index (κ2) is 8.89. The van der Waals surface area contributed by atoms with Gasteiger partial charge in [0, 0.05) is 46.8 Å². The Bertz CT molecular complexity index is 543. The number of halogens is 4. The van der Waals surface area contributed by atoms with Crippen LogP contribution in [-0.4, -0.2) is 56.0 Å². The monoisotopic (exact) mass is 456 g/mol. The van der Waals surface area contributed by atoms with Gasteiger partial charge < -0.3 is 10.2 Å². The molecule has 2 rings (SSSR count). The van der Waals surface area contributed by atoms with Crippen molar-refractivity contribution in [2.24, 2.45) is 4.99 Å². The second-order valence-corrected chi connectivity index (χ2v) is 6.00. The molecular formula is C16H24F3IN4. The van der Waals surface area contributed by atoms with Crippen molar-refractivity contribution in [3.63, 3.8) is 0 Å². The molecule has 1 atom stereocenters. The molecule has 1 aliphatic rings. The maximum absolute atomic E-state index is 12.6. The minimum atomic E-state index is -4.27. The first-order chi connectivity index (χ1) is 10.8. The summed E-state index contributed by atoms with van der Waals surface area (Å²) in [5.74, 6) is 0.839. The van der Waals surface area contributed by atoms with E-state index in [1.54, 1.807) is 19.2 Å². The minimum Gasteiger partial charge on any atom is -0.352 e. The molecule has 0 radical (unpaired) electrons. The first-order valence-electron chi connectivity index (χ1n) is 7.58. The van der Waals surface area contributed by atoms with E-state index in [2.05, 4.69) is 15.2 Å². The van der Waals surface area contributed by atoms with E-state index in [0.29, 0.717) is 12.6 Å². The van der Waals surface area contributed by atoms with Crippen molar-refractivity contribution in [3.05, 3.63) is 35.4 Å². The van der Waals surface area contributed by atoms with Crippen LogP contribution in [0.1, 0.15) is 17.5 Å². The lowest BCUT2D eigenvalue weighted by molar-refractivity contribution is -0.137. The molecule has 1 aliphatic heterocycles. The lowest BCUT2D eigenvalue weighted by Gasteiger charge is -2.22. The highest BCUT2D eigenvalue weighted by atomic mass is 127. The van der Waals surface area contributed by atoms with Gasteiger partial charge in [0.1, 0.15) is 0 Å². The van der Waals surface area contributed by atoms with Gasteiger partial charge >= 0.3 is 6.18 Å². The van der Waals surface area contributed by atoms with Crippen LogP contribution >= 0.6 is 24.0 Å². The third kappa shape index (κ3) is 5.80. The van der Waals surface area contributed by atoms with Gasteiger partial charge in [-0.25, -0.2) is 0 Å². The number of hydrogen-bond donors (Lipinski definition) is 1. The quantitative estimate of drug-likeness (QED) is 0.431. The van der Waals surface area contributed by atoms with E-state index >= 15 is 0 Å². The molecule has 0 aliphatic carbocycles.